The Morgan fingerprint density at radius 3 is 2.47 bits per heavy atom. The first kappa shape index (κ1) is 16.3. The summed E-state index contributed by atoms with van der Waals surface area (Å²) in [5.41, 5.74) is 3.11. The van der Waals surface area contributed by atoms with E-state index in [2.05, 4.69) is 31.9 Å². The van der Waals surface area contributed by atoms with Gasteiger partial charge in [0.15, 0.2) is 0 Å². The summed E-state index contributed by atoms with van der Waals surface area (Å²) in [6.07, 6.45) is 2.58. The molecule has 0 spiro atoms. The molecule has 0 aliphatic heterocycles. The lowest BCUT2D eigenvalue weighted by Crippen LogP contribution is -2.00. The molecule has 0 unspecified atom stereocenters. The first-order valence-corrected chi connectivity index (χ1v) is 7.25. The monoisotopic (exact) mass is 408 g/mol. The summed E-state index contributed by atoms with van der Waals surface area (Å²) < 4.78 is 7.08. The van der Waals surface area contributed by atoms with Crippen LogP contribution in [0.5, 0.6) is 5.75 Å². The van der Waals surface area contributed by atoms with Crippen molar-refractivity contribution in [2.45, 2.75) is 6.92 Å². The van der Waals surface area contributed by atoms with Gasteiger partial charge in [-0.3, -0.25) is 0 Å². The zero-order valence-corrected chi connectivity index (χ0v) is 13.9. The Labute approximate surface area is 133 Å². The molecule has 0 heterocycles. The summed E-state index contributed by atoms with van der Waals surface area (Å²) >= 11 is 12.3. The lowest BCUT2D eigenvalue weighted by molar-refractivity contribution is -0.131. The predicted molar refractivity (Wildman–Crippen MR) is 83.6 cm³/mol. The standard InChI is InChI=1S/C13H11Br2ClO3/c1-8(6-16)7-19-13-10(14)4-9(5-11(13)15)2-3-12(17)18/h2-6H,7H2,1H3,(H,17,18)/b3-2+,8-6-. The second-order valence-corrected chi connectivity index (χ2v) is 5.66. The maximum atomic E-state index is 10.5. The van der Waals surface area contributed by atoms with Crippen molar-refractivity contribution >= 4 is 55.5 Å². The van der Waals surface area contributed by atoms with Crippen LogP contribution in [0.1, 0.15) is 12.5 Å². The molecule has 1 aromatic carbocycles. The van der Waals surface area contributed by atoms with Gasteiger partial charge in [0.05, 0.1) is 8.95 Å². The third-order valence-electron chi connectivity index (χ3n) is 2.07. The Balaban J connectivity index is 2.94. The summed E-state index contributed by atoms with van der Waals surface area (Å²) in [6.45, 7) is 2.24. The average molecular weight is 410 g/mol. The van der Waals surface area contributed by atoms with Crippen molar-refractivity contribution in [2.24, 2.45) is 0 Å². The molecule has 1 N–H and O–H groups in total. The molecule has 3 nitrogen and oxygen atoms in total. The van der Waals surface area contributed by atoms with E-state index < -0.39 is 5.97 Å². The minimum absolute atomic E-state index is 0.380. The second kappa shape index (κ2) is 7.72. The first-order chi connectivity index (χ1) is 8.93. The summed E-state index contributed by atoms with van der Waals surface area (Å²) in [5.74, 6) is -0.346. The Hall–Kier alpha value is -0.780. The van der Waals surface area contributed by atoms with Crippen LogP contribution in [-0.4, -0.2) is 17.7 Å². The van der Waals surface area contributed by atoms with E-state index in [9.17, 15) is 4.79 Å². The van der Waals surface area contributed by atoms with Gasteiger partial charge < -0.3 is 9.84 Å². The van der Waals surface area contributed by atoms with E-state index >= 15 is 0 Å². The quantitative estimate of drug-likeness (QED) is 0.707. The van der Waals surface area contributed by atoms with Crippen molar-refractivity contribution in [3.63, 3.8) is 0 Å². The smallest absolute Gasteiger partial charge is 0.328 e. The fraction of sp³-hybridized carbons (Fsp3) is 0.154. The number of halogens is 3. The summed E-state index contributed by atoms with van der Waals surface area (Å²) in [6, 6.07) is 3.55. The van der Waals surface area contributed by atoms with Gasteiger partial charge in [0.1, 0.15) is 12.4 Å². The third kappa shape index (κ3) is 5.38. The molecule has 0 bridgehead atoms. The molecule has 0 radical (unpaired) electrons. The van der Waals surface area contributed by atoms with Crippen LogP contribution in [0, 0.1) is 0 Å². The molecule has 0 atom stereocenters. The van der Waals surface area contributed by atoms with E-state index in [0.29, 0.717) is 12.4 Å². The van der Waals surface area contributed by atoms with E-state index in [4.69, 9.17) is 21.4 Å². The van der Waals surface area contributed by atoms with Gasteiger partial charge in [0, 0.05) is 11.6 Å². The van der Waals surface area contributed by atoms with Gasteiger partial charge in [-0.05, 0) is 68.1 Å². The summed E-state index contributed by atoms with van der Waals surface area (Å²) in [7, 11) is 0. The van der Waals surface area contributed by atoms with Crippen LogP contribution in [0.2, 0.25) is 0 Å². The molecular weight excluding hydrogens is 399 g/mol. The fourth-order valence-electron chi connectivity index (χ4n) is 1.20. The lowest BCUT2D eigenvalue weighted by Gasteiger charge is -2.11. The molecule has 0 amide bonds. The zero-order chi connectivity index (χ0) is 14.4. The second-order valence-electron chi connectivity index (χ2n) is 3.73. The molecule has 6 heteroatoms. The van der Waals surface area contributed by atoms with Crippen LogP contribution in [0.3, 0.4) is 0 Å². The average Bonchev–Trinajstić information content (AvgIpc) is 2.34. The highest BCUT2D eigenvalue weighted by molar-refractivity contribution is 9.11. The molecule has 0 saturated heterocycles. The van der Waals surface area contributed by atoms with Crippen molar-refractivity contribution in [3.05, 3.63) is 43.8 Å². The molecule has 19 heavy (non-hydrogen) atoms. The molecule has 1 rings (SSSR count). The number of carboxylic acid groups (broad SMARTS) is 1. The predicted octanol–water partition coefficient (Wildman–Crippen LogP) is 4.83. The van der Waals surface area contributed by atoms with E-state index in [-0.39, 0.29) is 0 Å². The van der Waals surface area contributed by atoms with Gasteiger partial charge in [-0.15, -0.1) is 0 Å². The number of hydrogen-bond donors (Lipinski definition) is 1. The fourth-order valence-corrected chi connectivity index (χ4v) is 2.71. The maximum Gasteiger partial charge on any atom is 0.328 e. The van der Waals surface area contributed by atoms with Crippen LogP contribution in [-0.2, 0) is 4.79 Å². The first-order valence-electron chi connectivity index (χ1n) is 5.22. The van der Waals surface area contributed by atoms with Crippen LogP contribution in [0.15, 0.2) is 38.3 Å². The van der Waals surface area contributed by atoms with E-state index in [1.807, 2.05) is 6.92 Å². The molecule has 0 aliphatic carbocycles. The molecule has 0 aromatic heterocycles. The minimum atomic E-state index is -0.990. The molecule has 0 saturated carbocycles. The van der Waals surface area contributed by atoms with E-state index in [1.165, 1.54) is 11.6 Å². The molecule has 0 fully saturated rings. The maximum absolute atomic E-state index is 10.5. The van der Waals surface area contributed by atoms with Crippen LogP contribution < -0.4 is 4.74 Å². The summed E-state index contributed by atoms with van der Waals surface area (Å²) in [4.78, 5) is 10.5. The van der Waals surface area contributed by atoms with Gasteiger partial charge in [0.25, 0.3) is 0 Å². The minimum Gasteiger partial charge on any atom is -0.487 e. The van der Waals surface area contributed by atoms with Crippen molar-refractivity contribution in [2.75, 3.05) is 6.61 Å². The highest BCUT2D eigenvalue weighted by Gasteiger charge is 2.08. The van der Waals surface area contributed by atoms with Crippen LogP contribution in [0.4, 0.5) is 0 Å². The number of ether oxygens (including phenoxy) is 1. The van der Waals surface area contributed by atoms with Gasteiger partial charge in [-0.1, -0.05) is 11.6 Å². The number of carboxylic acids is 1. The van der Waals surface area contributed by atoms with Gasteiger partial charge in [-0.2, -0.15) is 0 Å². The van der Waals surface area contributed by atoms with Crippen molar-refractivity contribution < 1.29 is 14.6 Å². The van der Waals surface area contributed by atoms with Crippen LogP contribution >= 0.6 is 43.5 Å². The topological polar surface area (TPSA) is 46.5 Å². The highest BCUT2D eigenvalue weighted by atomic mass is 79.9. The van der Waals surface area contributed by atoms with Crippen molar-refractivity contribution in [1.82, 2.24) is 0 Å². The van der Waals surface area contributed by atoms with Gasteiger partial charge in [0.2, 0.25) is 0 Å². The largest absolute Gasteiger partial charge is 0.487 e. The Morgan fingerprint density at radius 2 is 2.00 bits per heavy atom. The lowest BCUT2D eigenvalue weighted by atomic mass is 10.2. The SMILES string of the molecule is C/C(=C/Cl)COc1c(Br)cc(/C=C/C(=O)O)cc1Br. The van der Waals surface area contributed by atoms with Crippen molar-refractivity contribution in [1.29, 1.82) is 0 Å². The van der Waals surface area contributed by atoms with Crippen LogP contribution in [0.25, 0.3) is 6.08 Å². The number of hydrogen-bond acceptors (Lipinski definition) is 2. The molecular formula is C13H11Br2ClO3. The zero-order valence-electron chi connectivity index (χ0n) is 9.99. The molecule has 0 aliphatic rings. The third-order valence-corrected chi connectivity index (χ3v) is 3.62. The van der Waals surface area contributed by atoms with Gasteiger partial charge in [-0.25, -0.2) is 4.79 Å². The Morgan fingerprint density at radius 1 is 1.42 bits per heavy atom. The molecule has 102 valence electrons. The molecule has 1 aromatic rings. The van der Waals surface area contributed by atoms with E-state index in [1.54, 1.807) is 12.1 Å². The number of aliphatic carboxylic acids is 1. The number of benzene rings is 1. The Bertz CT molecular complexity index is 516. The Kier molecular flexibility index (Phi) is 6.62. The normalized spacial score (nSPS) is 11.9. The number of carbonyl (C=O) groups is 1. The van der Waals surface area contributed by atoms with Crippen molar-refractivity contribution in [3.8, 4) is 5.75 Å². The van der Waals surface area contributed by atoms with E-state index in [0.717, 1.165) is 26.2 Å². The van der Waals surface area contributed by atoms with Gasteiger partial charge >= 0.3 is 5.97 Å². The summed E-state index contributed by atoms with van der Waals surface area (Å²) in [5, 5.41) is 8.59. The highest BCUT2D eigenvalue weighted by Crippen LogP contribution is 2.35. The number of rotatable bonds is 5.